The normalized spacial score (nSPS) is 13.9. The number of carbonyl (C=O) groups excluding carboxylic acids is 1. The second-order valence-corrected chi connectivity index (χ2v) is 3.62. The van der Waals surface area contributed by atoms with Crippen LogP contribution in [0.3, 0.4) is 0 Å². The summed E-state index contributed by atoms with van der Waals surface area (Å²) in [6.07, 6.45) is 6.27. The van der Waals surface area contributed by atoms with Gasteiger partial charge < -0.3 is 4.74 Å². The molecule has 0 heterocycles. The quantitative estimate of drug-likeness (QED) is 0.482. The average molecular weight is 198 g/mol. The lowest BCUT2D eigenvalue weighted by molar-refractivity contribution is -0.146. The minimum atomic E-state index is -0.173. The van der Waals surface area contributed by atoms with Crippen molar-refractivity contribution in [3.8, 4) is 0 Å². The van der Waals surface area contributed by atoms with Gasteiger partial charge in [-0.05, 0) is 32.6 Å². The number of allylic oxidation sites excluding steroid dienone is 2. The van der Waals surface area contributed by atoms with Crippen LogP contribution in [-0.2, 0) is 9.53 Å². The van der Waals surface area contributed by atoms with Crippen LogP contribution < -0.4 is 0 Å². The molecule has 0 saturated carbocycles. The number of hydrogen-bond donors (Lipinski definition) is 0. The predicted molar refractivity (Wildman–Crippen MR) is 59.1 cm³/mol. The molecule has 82 valence electrons. The third-order valence-corrected chi connectivity index (χ3v) is 2.33. The largest absolute Gasteiger partial charge is 0.463 e. The van der Waals surface area contributed by atoms with E-state index in [1.54, 1.807) is 0 Å². The number of carbonyl (C=O) groups is 1. The molecule has 0 bridgehead atoms. The molecule has 1 atom stereocenters. The highest BCUT2D eigenvalue weighted by Gasteiger charge is 2.07. The Labute approximate surface area is 87.3 Å². The van der Waals surface area contributed by atoms with Crippen LogP contribution in [0.1, 0.15) is 53.4 Å². The molecule has 0 radical (unpaired) electrons. The molecule has 0 aliphatic heterocycles. The van der Waals surface area contributed by atoms with E-state index in [0.717, 1.165) is 25.7 Å². The minimum absolute atomic E-state index is 0.0911. The van der Waals surface area contributed by atoms with E-state index in [4.69, 9.17) is 4.74 Å². The molecule has 0 aliphatic carbocycles. The van der Waals surface area contributed by atoms with Crippen molar-refractivity contribution in [2.45, 2.75) is 59.5 Å². The summed E-state index contributed by atoms with van der Waals surface area (Å²) in [5.41, 5.74) is 1.41. The summed E-state index contributed by atoms with van der Waals surface area (Å²) in [5.74, 6) is -0.173. The van der Waals surface area contributed by atoms with Crippen molar-refractivity contribution < 1.29 is 9.53 Å². The van der Waals surface area contributed by atoms with Crippen LogP contribution in [0.25, 0.3) is 0 Å². The Morgan fingerprint density at radius 3 is 2.43 bits per heavy atom. The predicted octanol–water partition coefficient (Wildman–Crippen LogP) is 3.46. The lowest BCUT2D eigenvalue weighted by atomic mass is 10.1. The monoisotopic (exact) mass is 198 g/mol. The van der Waals surface area contributed by atoms with E-state index < -0.39 is 0 Å². The SMILES string of the molecule is CC/C(C)=C/CC[C@@H](CC)OC(C)=O. The molecular formula is C12H22O2. The van der Waals surface area contributed by atoms with E-state index in [1.165, 1.54) is 12.5 Å². The summed E-state index contributed by atoms with van der Waals surface area (Å²) in [6.45, 7) is 7.79. The van der Waals surface area contributed by atoms with Crippen molar-refractivity contribution in [3.63, 3.8) is 0 Å². The average Bonchev–Trinajstić information content (AvgIpc) is 2.15. The molecule has 0 aliphatic rings. The van der Waals surface area contributed by atoms with Crippen LogP contribution in [0.4, 0.5) is 0 Å². The maximum Gasteiger partial charge on any atom is 0.302 e. The van der Waals surface area contributed by atoms with Crippen LogP contribution >= 0.6 is 0 Å². The highest BCUT2D eigenvalue weighted by Crippen LogP contribution is 2.10. The molecule has 0 aromatic rings. The maximum atomic E-state index is 10.7. The van der Waals surface area contributed by atoms with Crippen LogP contribution in [0.15, 0.2) is 11.6 Å². The zero-order chi connectivity index (χ0) is 11.0. The molecule has 0 rings (SSSR count). The van der Waals surface area contributed by atoms with Crippen LogP contribution in [0.2, 0.25) is 0 Å². The molecule has 0 saturated heterocycles. The van der Waals surface area contributed by atoms with E-state index in [1.807, 2.05) is 6.92 Å². The molecule has 2 heteroatoms. The Bertz CT molecular complexity index is 194. The van der Waals surface area contributed by atoms with Gasteiger partial charge >= 0.3 is 5.97 Å². The van der Waals surface area contributed by atoms with Gasteiger partial charge in [0.05, 0.1) is 0 Å². The summed E-state index contributed by atoms with van der Waals surface area (Å²) in [6, 6.07) is 0. The highest BCUT2D eigenvalue weighted by atomic mass is 16.5. The van der Waals surface area contributed by atoms with E-state index in [2.05, 4.69) is 19.9 Å². The third kappa shape index (κ3) is 6.70. The summed E-state index contributed by atoms with van der Waals surface area (Å²) < 4.78 is 5.15. The molecule has 0 N–H and O–H groups in total. The number of hydrogen-bond acceptors (Lipinski definition) is 2. The lowest BCUT2D eigenvalue weighted by Crippen LogP contribution is -2.14. The van der Waals surface area contributed by atoms with Gasteiger partial charge in [-0.15, -0.1) is 0 Å². The number of esters is 1. The van der Waals surface area contributed by atoms with Gasteiger partial charge in [-0.25, -0.2) is 0 Å². The first-order valence-corrected chi connectivity index (χ1v) is 5.43. The van der Waals surface area contributed by atoms with Crippen LogP contribution in [0.5, 0.6) is 0 Å². The van der Waals surface area contributed by atoms with Crippen molar-refractivity contribution in [3.05, 3.63) is 11.6 Å². The van der Waals surface area contributed by atoms with Gasteiger partial charge in [0.15, 0.2) is 0 Å². The minimum Gasteiger partial charge on any atom is -0.463 e. The van der Waals surface area contributed by atoms with Crippen molar-refractivity contribution in [1.29, 1.82) is 0 Å². The lowest BCUT2D eigenvalue weighted by Gasteiger charge is -2.13. The molecule has 0 amide bonds. The Balaban J connectivity index is 3.78. The molecule has 0 spiro atoms. The van der Waals surface area contributed by atoms with E-state index in [9.17, 15) is 4.79 Å². The van der Waals surface area contributed by atoms with Crippen molar-refractivity contribution >= 4 is 5.97 Å². The molecule has 14 heavy (non-hydrogen) atoms. The molecule has 0 aromatic carbocycles. The highest BCUT2D eigenvalue weighted by molar-refractivity contribution is 5.66. The van der Waals surface area contributed by atoms with E-state index >= 15 is 0 Å². The second-order valence-electron chi connectivity index (χ2n) is 3.62. The number of ether oxygens (including phenoxy) is 1. The van der Waals surface area contributed by atoms with Gasteiger partial charge in [0.1, 0.15) is 6.10 Å². The molecule has 2 nitrogen and oxygen atoms in total. The fraction of sp³-hybridized carbons (Fsp3) is 0.750. The molecule has 0 unspecified atom stereocenters. The zero-order valence-electron chi connectivity index (χ0n) is 9.80. The first-order valence-electron chi connectivity index (χ1n) is 5.43. The Hall–Kier alpha value is -0.790. The first-order chi connectivity index (χ1) is 6.60. The molecule has 0 aromatic heterocycles. The molecular weight excluding hydrogens is 176 g/mol. The number of rotatable bonds is 6. The van der Waals surface area contributed by atoms with Gasteiger partial charge in [-0.1, -0.05) is 25.5 Å². The first kappa shape index (κ1) is 13.2. The van der Waals surface area contributed by atoms with Crippen LogP contribution in [-0.4, -0.2) is 12.1 Å². The van der Waals surface area contributed by atoms with Gasteiger partial charge in [0, 0.05) is 6.92 Å². The van der Waals surface area contributed by atoms with Crippen molar-refractivity contribution in [1.82, 2.24) is 0 Å². The van der Waals surface area contributed by atoms with Gasteiger partial charge in [-0.3, -0.25) is 4.79 Å². The summed E-state index contributed by atoms with van der Waals surface area (Å²) >= 11 is 0. The Kier molecular flexibility index (Phi) is 7.17. The van der Waals surface area contributed by atoms with Gasteiger partial charge in [-0.2, -0.15) is 0 Å². The van der Waals surface area contributed by atoms with Crippen molar-refractivity contribution in [2.75, 3.05) is 0 Å². The van der Waals surface area contributed by atoms with Crippen molar-refractivity contribution in [2.24, 2.45) is 0 Å². The second kappa shape index (κ2) is 7.60. The summed E-state index contributed by atoms with van der Waals surface area (Å²) in [5, 5.41) is 0. The van der Waals surface area contributed by atoms with Gasteiger partial charge in [0.25, 0.3) is 0 Å². The third-order valence-electron chi connectivity index (χ3n) is 2.33. The van der Waals surface area contributed by atoms with Crippen LogP contribution in [0, 0.1) is 0 Å². The standard InChI is InChI=1S/C12H22O2/c1-5-10(3)8-7-9-12(6-2)14-11(4)13/h8,12H,5-7,9H2,1-4H3/b10-8+/t12-/m1/s1. The van der Waals surface area contributed by atoms with E-state index in [0.29, 0.717) is 0 Å². The van der Waals surface area contributed by atoms with Gasteiger partial charge in [0.2, 0.25) is 0 Å². The fourth-order valence-corrected chi connectivity index (χ4v) is 1.24. The zero-order valence-corrected chi connectivity index (χ0v) is 9.80. The molecule has 0 fully saturated rings. The van der Waals surface area contributed by atoms with E-state index in [-0.39, 0.29) is 12.1 Å². The topological polar surface area (TPSA) is 26.3 Å². The fourth-order valence-electron chi connectivity index (χ4n) is 1.24. The smallest absolute Gasteiger partial charge is 0.302 e. The Morgan fingerprint density at radius 2 is 2.00 bits per heavy atom. The summed E-state index contributed by atoms with van der Waals surface area (Å²) in [4.78, 5) is 10.7. The maximum absolute atomic E-state index is 10.7. The Morgan fingerprint density at radius 1 is 1.36 bits per heavy atom. The summed E-state index contributed by atoms with van der Waals surface area (Å²) in [7, 11) is 0.